The van der Waals surface area contributed by atoms with Crippen molar-refractivity contribution >= 4 is 17.2 Å². The normalized spacial score (nSPS) is 12.1. The van der Waals surface area contributed by atoms with E-state index in [9.17, 15) is 4.79 Å². The number of carbonyl (C=O) groups is 1. The largest absolute Gasteiger partial charge is 0.491 e. The number of carbonyl (C=O) groups excluding carboxylic acids is 1. The lowest BCUT2D eigenvalue weighted by Crippen LogP contribution is -2.41. The fraction of sp³-hybridized carbons (Fsp3) is 0.231. The maximum atomic E-state index is 10.8. The first-order valence-electron chi connectivity index (χ1n) is 5.76. The Morgan fingerprint density at radius 3 is 2.63 bits per heavy atom. The van der Waals surface area contributed by atoms with Gasteiger partial charge in [-0.05, 0) is 31.2 Å². The monoisotopic (exact) mass is 277 g/mol. The molecule has 2 aromatic rings. The van der Waals surface area contributed by atoms with Gasteiger partial charge in [-0.3, -0.25) is 4.79 Å². The van der Waals surface area contributed by atoms with E-state index in [0.29, 0.717) is 5.75 Å². The van der Waals surface area contributed by atoms with Gasteiger partial charge in [-0.25, -0.2) is 4.98 Å². The highest BCUT2D eigenvalue weighted by Gasteiger charge is 2.10. The van der Waals surface area contributed by atoms with Crippen LogP contribution in [-0.4, -0.2) is 23.5 Å². The number of nitrogens with two attached hydrogens (primary N) is 2. The molecule has 1 aromatic carbocycles. The Morgan fingerprint density at radius 2 is 2.11 bits per heavy atom. The van der Waals surface area contributed by atoms with E-state index >= 15 is 0 Å². The molecule has 0 spiro atoms. The van der Waals surface area contributed by atoms with E-state index < -0.39 is 11.9 Å². The van der Waals surface area contributed by atoms with Crippen LogP contribution in [0.5, 0.6) is 5.75 Å². The molecule has 0 aliphatic carbocycles. The zero-order chi connectivity index (χ0) is 13.8. The molecule has 1 aromatic heterocycles. The summed E-state index contributed by atoms with van der Waals surface area (Å²) >= 11 is 1.60. The molecule has 5 nitrogen and oxygen atoms in total. The summed E-state index contributed by atoms with van der Waals surface area (Å²) in [4.78, 5) is 15.2. The van der Waals surface area contributed by atoms with Crippen molar-refractivity contribution in [1.29, 1.82) is 0 Å². The van der Waals surface area contributed by atoms with E-state index in [2.05, 4.69) is 4.98 Å². The minimum absolute atomic E-state index is 0.0744. The van der Waals surface area contributed by atoms with Gasteiger partial charge in [-0.1, -0.05) is 0 Å². The maximum absolute atomic E-state index is 10.8. The smallest absolute Gasteiger partial charge is 0.237 e. The number of aryl methyl sites for hydroxylation is 1. The summed E-state index contributed by atoms with van der Waals surface area (Å²) in [6.45, 7) is 2.04. The van der Waals surface area contributed by atoms with Gasteiger partial charge in [0.2, 0.25) is 5.91 Å². The second-order valence-corrected chi connectivity index (χ2v) is 5.00. The molecule has 1 unspecified atom stereocenters. The van der Waals surface area contributed by atoms with Crippen LogP contribution in [0.25, 0.3) is 10.6 Å². The van der Waals surface area contributed by atoms with Gasteiger partial charge < -0.3 is 16.2 Å². The van der Waals surface area contributed by atoms with Crippen LogP contribution < -0.4 is 16.2 Å². The molecule has 4 N–H and O–H groups in total. The highest BCUT2D eigenvalue weighted by atomic mass is 32.1. The summed E-state index contributed by atoms with van der Waals surface area (Å²) in [7, 11) is 0. The fourth-order valence-corrected chi connectivity index (χ4v) is 2.25. The summed E-state index contributed by atoms with van der Waals surface area (Å²) in [6.07, 6.45) is 0. The van der Waals surface area contributed by atoms with Crippen molar-refractivity contribution in [3.63, 3.8) is 0 Å². The molecule has 0 saturated carbocycles. The molecule has 1 amide bonds. The van der Waals surface area contributed by atoms with Crippen molar-refractivity contribution < 1.29 is 9.53 Å². The van der Waals surface area contributed by atoms with Crippen molar-refractivity contribution in [3.8, 4) is 16.3 Å². The maximum Gasteiger partial charge on any atom is 0.237 e. The van der Waals surface area contributed by atoms with Gasteiger partial charge in [-0.15, -0.1) is 11.3 Å². The number of thiazole rings is 1. The lowest BCUT2D eigenvalue weighted by atomic mass is 10.2. The number of ether oxygens (including phenoxy) is 1. The molecule has 0 fully saturated rings. The number of aromatic nitrogens is 1. The molecule has 6 heteroatoms. The molecule has 1 atom stereocenters. The number of rotatable bonds is 5. The van der Waals surface area contributed by atoms with Crippen molar-refractivity contribution in [2.75, 3.05) is 6.61 Å². The zero-order valence-electron chi connectivity index (χ0n) is 10.5. The first-order chi connectivity index (χ1) is 9.06. The Hall–Kier alpha value is -1.92. The first kappa shape index (κ1) is 13.5. The van der Waals surface area contributed by atoms with Gasteiger partial charge in [0, 0.05) is 16.6 Å². The standard InChI is InChI=1S/C13H15N3O2S/c1-8-7-19-13(16-8)9-2-4-10(5-3-9)18-6-11(14)12(15)17/h2-5,7,11H,6,14H2,1H3,(H2,15,17). The Bertz CT molecular complexity index is 566. The third-order valence-electron chi connectivity index (χ3n) is 2.52. The Labute approximate surface area is 115 Å². The topological polar surface area (TPSA) is 91.2 Å². The first-order valence-corrected chi connectivity index (χ1v) is 6.64. The van der Waals surface area contributed by atoms with Crippen LogP contribution in [0.15, 0.2) is 29.6 Å². The minimum Gasteiger partial charge on any atom is -0.491 e. The summed E-state index contributed by atoms with van der Waals surface area (Å²) < 4.78 is 5.38. The molecule has 0 saturated heterocycles. The molecule has 100 valence electrons. The second kappa shape index (κ2) is 5.81. The van der Waals surface area contributed by atoms with E-state index in [1.165, 1.54) is 0 Å². The number of hydrogen-bond acceptors (Lipinski definition) is 5. The van der Waals surface area contributed by atoms with Gasteiger partial charge in [-0.2, -0.15) is 0 Å². The van der Waals surface area contributed by atoms with E-state index in [1.807, 2.05) is 36.6 Å². The summed E-state index contributed by atoms with van der Waals surface area (Å²) in [5.41, 5.74) is 12.6. The summed E-state index contributed by atoms with van der Waals surface area (Å²) in [5, 5.41) is 2.98. The third kappa shape index (κ3) is 3.52. The minimum atomic E-state index is -0.790. The second-order valence-electron chi connectivity index (χ2n) is 4.14. The lowest BCUT2D eigenvalue weighted by molar-refractivity contribution is -0.119. The van der Waals surface area contributed by atoms with Crippen molar-refractivity contribution in [1.82, 2.24) is 4.98 Å². The average molecular weight is 277 g/mol. The number of nitrogens with zero attached hydrogens (tertiary/aromatic N) is 1. The van der Waals surface area contributed by atoms with Crippen molar-refractivity contribution in [2.24, 2.45) is 11.5 Å². The predicted molar refractivity (Wildman–Crippen MR) is 75.0 cm³/mol. The number of hydrogen-bond donors (Lipinski definition) is 2. The van der Waals surface area contributed by atoms with Gasteiger partial charge in [0.15, 0.2) is 0 Å². The molecule has 0 radical (unpaired) electrons. The Kier molecular flexibility index (Phi) is 4.13. The van der Waals surface area contributed by atoms with Crippen LogP contribution in [0.4, 0.5) is 0 Å². The Morgan fingerprint density at radius 1 is 1.42 bits per heavy atom. The molecular weight excluding hydrogens is 262 g/mol. The molecule has 0 aliphatic heterocycles. The molecule has 2 rings (SSSR count). The SMILES string of the molecule is Cc1csc(-c2ccc(OCC(N)C(N)=O)cc2)n1. The van der Waals surface area contributed by atoms with Crippen LogP contribution in [0.3, 0.4) is 0 Å². The van der Waals surface area contributed by atoms with Crippen molar-refractivity contribution in [2.45, 2.75) is 13.0 Å². The molecule has 0 aliphatic rings. The van der Waals surface area contributed by atoms with E-state index in [4.69, 9.17) is 16.2 Å². The van der Waals surface area contributed by atoms with Gasteiger partial charge in [0.05, 0.1) is 0 Å². The Balaban J connectivity index is 2.01. The summed E-state index contributed by atoms with van der Waals surface area (Å²) in [6, 6.07) is 6.69. The third-order valence-corrected chi connectivity index (χ3v) is 3.52. The van der Waals surface area contributed by atoms with Crippen LogP contribution in [0, 0.1) is 6.92 Å². The van der Waals surface area contributed by atoms with E-state index in [0.717, 1.165) is 16.3 Å². The van der Waals surface area contributed by atoms with Crippen LogP contribution in [0.2, 0.25) is 0 Å². The quantitative estimate of drug-likeness (QED) is 0.862. The van der Waals surface area contributed by atoms with Crippen LogP contribution >= 0.6 is 11.3 Å². The molecule has 19 heavy (non-hydrogen) atoms. The average Bonchev–Trinajstić information content (AvgIpc) is 2.83. The number of benzene rings is 1. The molecule has 0 bridgehead atoms. The van der Waals surface area contributed by atoms with Gasteiger partial charge in [0.1, 0.15) is 23.4 Å². The van der Waals surface area contributed by atoms with E-state index in [1.54, 1.807) is 11.3 Å². The number of primary amides is 1. The highest BCUT2D eigenvalue weighted by molar-refractivity contribution is 7.13. The van der Waals surface area contributed by atoms with Gasteiger partial charge in [0.25, 0.3) is 0 Å². The lowest BCUT2D eigenvalue weighted by Gasteiger charge is -2.10. The van der Waals surface area contributed by atoms with Crippen LogP contribution in [-0.2, 0) is 4.79 Å². The summed E-state index contributed by atoms with van der Waals surface area (Å²) in [5.74, 6) is 0.0728. The number of amides is 1. The zero-order valence-corrected chi connectivity index (χ0v) is 11.3. The van der Waals surface area contributed by atoms with E-state index in [-0.39, 0.29) is 6.61 Å². The van der Waals surface area contributed by atoms with Gasteiger partial charge >= 0.3 is 0 Å². The molecule has 1 heterocycles. The highest BCUT2D eigenvalue weighted by Crippen LogP contribution is 2.25. The molecular formula is C13H15N3O2S. The van der Waals surface area contributed by atoms with Crippen LogP contribution in [0.1, 0.15) is 5.69 Å². The van der Waals surface area contributed by atoms with Crippen molar-refractivity contribution in [3.05, 3.63) is 35.3 Å². The fourth-order valence-electron chi connectivity index (χ4n) is 1.45. The predicted octanol–water partition coefficient (Wildman–Crippen LogP) is 1.31.